The summed E-state index contributed by atoms with van der Waals surface area (Å²) in [7, 11) is 1.20. The Balaban J connectivity index is 1.68. The minimum atomic E-state index is -1.03. The van der Waals surface area contributed by atoms with Gasteiger partial charge in [0.2, 0.25) is 5.91 Å². The lowest BCUT2D eigenvalue weighted by Gasteiger charge is -2.13. The molecule has 2 aromatic carbocycles. The lowest BCUT2D eigenvalue weighted by atomic mass is 9.99. The number of carbonyl (C=O) groups excluding carboxylic acids is 4. The molecule has 0 spiro atoms. The van der Waals surface area contributed by atoms with Crippen LogP contribution in [0, 0.1) is 20.8 Å². The van der Waals surface area contributed by atoms with Gasteiger partial charge in [-0.15, -0.1) is 0 Å². The number of amides is 5. The van der Waals surface area contributed by atoms with Crippen LogP contribution in [0.25, 0.3) is 16.9 Å². The molecule has 9 nitrogen and oxygen atoms in total. The zero-order valence-electron chi connectivity index (χ0n) is 18.7. The highest BCUT2D eigenvalue weighted by atomic mass is 16.2. The molecule has 0 atom stereocenters. The van der Waals surface area contributed by atoms with E-state index in [9.17, 15) is 19.2 Å². The second-order valence-corrected chi connectivity index (χ2v) is 8.00. The molecular weight excluding hydrogens is 422 g/mol. The van der Waals surface area contributed by atoms with Gasteiger partial charge >= 0.3 is 17.8 Å². The lowest BCUT2D eigenvalue weighted by molar-refractivity contribution is -0.143. The number of anilines is 1. The molecule has 4 rings (SSSR count). The van der Waals surface area contributed by atoms with Crippen molar-refractivity contribution in [2.24, 2.45) is 0 Å². The van der Waals surface area contributed by atoms with Crippen LogP contribution >= 0.6 is 0 Å². The number of aryl methyl sites for hydroxylation is 3. The maximum atomic E-state index is 12.7. The summed E-state index contributed by atoms with van der Waals surface area (Å²) >= 11 is 0. The summed E-state index contributed by atoms with van der Waals surface area (Å²) in [6.45, 7) is 5.49. The minimum absolute atomic E-state index is 0.373. The normalized spacial score (nSPS) is 13.8. The number of carbonyl (C=O) groups is 4. The summed E-state index contributed by atoms with van der Waals surface area (Å²) in [5.41, 5.74) is 5.66. The second-order valence-electron chi connectivity index (χ2n) is 8.00. The molecule has 0 bridgehead atoms. The molecule has 1 fully saturated rings. The number of likely N-dealkylation sites (N-methyl/N-ethyl adjacent to an activating group) is 1. The SMILES string of the molecule is Cc1cc(C)c(-c2cc(NC(=O)CN3C(=O)C(=O)N(C)C3=O)n(-c3ccccc3)n2)cc1C. The topological polar surface area (TPSA) is 105 Å². The highest BCUT2D eigenvalue weighted by Crippen LogP contribution is 2.29. The molecule has 2 heterocycles. The van der Waals surface area contributed by atoms with Crippen LogP contribution in [0.5, 0.6) is 0 Å². The molecule has 1 saturated heterocycles. The number of hydrogen-bond donors (Lipinski definition) is 1. The molecule has 5 amide bonds. The van der Waals surface area contributed by atoms with Crippen molar-refractivity contribution in [2.45, 2.75) is 20.8 Å². The maximum absolute atomic E-state index is 12.7. The Morgan fingerprint density at radius 2 is 1.58 bits per heavy atom. The third-order valence-corrected chi connectivity index (χ3v) is 5.65. The minimum Gasteiger partial charge on any atom is -0.309 e. The molecule has 0 unspecified atom stereocenters. The Morgan fingerprint density at radius 3 is 2.21 bits per heavy atom. The van der Waals surface area contributed by atoms with Gasteiger partial charge in [-0.1, -0.05) is 24.3 Å². The Labute approximate surface area is 190 Å². The van der Waals surface area contributed by atoms with Crippen LogP contribution in [0.2, 0.25) is 0 Å². The fourth-order valence-corrected chi connectivity index (χ4v) is 3.68. The number of benzene rings is 2. The molecule has 1 aromatic heterocycles. The molecule has 0 saturated carbocycles. The summed E-state index contributed by atoms with van der Waals surface area (Å²) in [5, 5.41) is 7.44. The van der Waals surface area contributed by atoms with E-state index in [2.05, 4.69) is 17.4 Å². The maximum Gasteiger partial charge on any atom is 0.334 e. The quantitative estimate of drug-likeness (QED) is 0.480. The number of aromatic nitrogens is 2. The van der Waals surface area contributed by atoms with E-state index in [1.54, 1.807) is 10.7 Å². The lowest BCUT2D eigenvalue weighted by Crippen LogP contribution is -2.38. The summed E-state index contributed by atoms with van der Waals surface area (Å²) in [5.74, 6) is -2.24. The van der Waals surface area contributed by atoms with Gasteiger partial charge in [0, 0.05) is 18.7 Å². The standard InChI is InChI=1S/C24H23N5O4/c1-14-10-16(3)18(11-15(14)2)19-12-20(29(26-19)17-8-6-5-7-9-17)25-21(30)13-28-23(32)22(31)27(4)24(28)33/h5-12H,13H2,1-4H3,(H,25,30). The number of urea groups is 1. The first kappa shape index (κ1) is 21.9. The van der Waals surface area contributed by atoms with E-state index in [1.165, 1.54) is 12.6 Å². The van der Waals surface area contributed by atoms with Gasteiger partial charge in [0.1, 0.15) is 12.4 Å². The van der Waals surface area contributed by atoms with E-state index in [0.29, 0.717) is 21.3 Å². The molecule has 168 valence electrons. The zero-order chi connectivity index (χ0) is 23.9. The van der Waals surface area contributed by atoms with E-state index in [4.69, 9.17) is 5.10 Å². The molecule has 3 aromatic rings. The fourth-order valence-electron chi connectivity index (χ4n) is 3.68. The third-order valence-electron chi connectivity index (χ3n) is 5.65. The predicted molar refractivity (Wildman–Crippen MR) is 122 cm³/mol. The first-order valence-electron chi connectivity index (χ1n) is 10.3. The predicted octanol–water partition coefficient (Wildman–Crippen LogP) is 2.82. The van der Waals surface area contributed by atoms with Gasteiger partial charge < -0.3 is 5.32 Å². The van der Waals surface area contributed by atoms with Gasteiger partial charge in [-0.05, 0) is 55.7 Å². The average Bonchev–Trinajstić information content (AvgIpc) is 3.28. The highest BCUT2D eigenvalue weighted by molar-refractivity contribution is 6.44. The monoisotopic (exact) mass is 445 g/mol. The van der Waals surface area contributed by atoms with E-state index in [1.807, 2.05) is 51.1 Å². The van der Waals surface area contributed by atoms with E-state index in [0.717, 1.165) is 22.4 Å². The van der Waals surface area contributed by atoms with Crippen molar-refractivity contribution in [3.63, 3.8) is 0 Å². The number of nitrogens with zero attached hydrogens (tertiary/aromatic N) is 4. The molecular formula is C24H23N5O4. The molecule has 9 heteroatoms. The van der Waals surface area contributed by atoms with E-state index < -0.39 is 30.3 Å². The van der Waals surface area contributed by atoms with Crippen molar-refractivity contribution < 1.29 is 19.2 Å². The molecule has 0 aliphatic carbocycles. The Morgan fingerprint density at radius 1 is 0.909 bits per heavy atom. The molecule has 1 N–H and O–H groups in total. The van der Waals surface area contributed by atoms with Gasteiger partial charge in [-0.3, -0.25) is 19.3 Å². The first-order valence-corrected chi connectivity index (χ1v) is 10.3. The van der Waals surface area contributed by atoms with Crippen molar-refractivity contribution >= 4 is 29.6 Å². The van der Waals surface area contributed by atoms with Crippen LogP contribution in [0.1, 0.15) is 16.7 Å². The van der Waals surface area contributed by atoms with Crippen molar-refractivity contribution in [1.82, 2.24) is 19.6 Å². The Kier molecular flexibility index (Phi) is 5.55. The van der Waals surface area contributed by atoms with Crippen LogP contribution < -0.4 is 5.32 Å². The van der Waals surface area contributed by atoms with Crippen LogP contribution in [0.4, 0.5) is 10.6 Å². The molecule has 1 aliphatic heterocycles. The number of nitrogens with one attached hydrogen (secondary N) is 1. The van der Waals surface area contributed by atoms with Crippen LogP contribution in [0.15, 0.2) is 48.5 Å². The van der Waals surface area contributed by atoms with Crippen LogP contribution in [-0.2, 0) is 14.4 Å². The highest BCUT2D eigenvalue weighted by Gasteiger charge is 2.43. The van der Waals surface area contributed by atoms with E-state index >= 15 is 0 Å². The second kappa shape index (κ2) is 8.34. The van der Waals surface area contributed by atoms with Crippen molar-refractivity contribution in [3.8, 4) is 16.9 Å². The Bertz CT molecular complexity index is 1300. The summed E-state index contributed by atoms with van der Waals surface area (Å²) in [4.78, 5) is 49.9. The number of para-hydroxylation sites is 1. The summed E-state index contributed by atoms with van der Waals surface area (Å²) in [6, 6.07) is 14.3. The van der Waals surface area contributed by atoms with Gasteiger partial charge in [0.25, 0.3) is 0 Å². The summed E-state index contributed by atoms with van der Waals surface area (Å²) in [6.07, 6.45) is 0. The van der Waals surface area contributed by atoms with Crippen molar-refractivity contribution in [3.05, 3.63) is 65.2 Å². The largest absolute Gasteiger partial charge is 0.334 e. The van der Waals surface area contributed by atoms with Gasteiger partial charge in [0.15, 0.2) is 0 Å². The Hall–Kier alpha value is -4.27. The van der Waals surface area contributed by atoms with Gasteiger partial charge in [0.05, 0.1) is 11.4 Å². The molecule has 0 radical (unpaired) electrons. The van der Waals surface area contributed by atoms with Gasteiger partial charge in [-0.25, -0.2) is 14.4 Å². The number of rotatable bonds is 5. The number of imide groups is 2. The van der Waals surface area contributed by atoms with Gasteiger partial charge in [-0.2, -0.15) is 5.10 Å². The molecule has 1 aliphatic rings. The first-order chi connectivity index (χ1) is 15.7. The van der Waals surface area contributed by atoms with Crippen molar-refractivity contribution in [1.29, 1.82) is 0 Å². The zero-order valence-corrected chi connectivity index (χ0v) is 18.7. The van der Waals surface area contributed by atoms with Crippen LogP contribution in [0.3, 0.4) is 0 Å². The van der Waals surface area contributed by atoms with Crippen LogP contribution in [-0.4, -0.2) is 56.9 Å². The van der Waals surface area contributed by atoms with E-state index in [-0.39, 0.29) is 0 Å². The number of hydrogen-bond acceptors (Lipinski definition) is 5. The average molecular weight is 445 g/mol. The molecule has 33 heavy (non-hydrogen) atoms. The third kappa shape index (κ3) is 4.00. The van der Waals surface area contributed by atoms with Crippen molar-refractivity contribution in [2.75, 3.05) is 18.9 Å². The fraction of sp³-hybridized carbons (Fsp3) is 0.208. The summed E-state index contributed by atoms with van der Waals surface area (Å²) < 4.78 is 1.59. The smallest absolute Gasteiger partial charge is 0.309 e.